The van der Waals surface area contributed by atoms with E-state index < -0.39 is 20.8 Å². The average Bonchev–Trinajstić information content (AvgIpc) is 2.85. The molecule has 9 heteroatoms. The number of nitrogens with one attached hydrogen (secondary N) is 1. The van der Waals surface area contributed by atoms with Crippen LogP contribution < -0.4 is 0 Å². The minimum Gasteiger partial charge on any atom is -0.345 e. The Hall–Kier alpha value is -0.960. The first kappa shape index (κ1) is 15.9. The molecule has 0 aliphatic carbocycles. The number of hydrogen-bond acceptors (Lipinski definition) is 4. The summed E-state index contributed by atoms with van der Waals surface area (Å²) in [5.41, 5.74) is 0.442. The van der Waals surface area contributed by atoms with Gasteiger partial charge in [0.05, 0.1) is 10.4 Å². The van der Waals surface area contributed by atoms with E-state index >= 15 is 0 Å². The minimum atomic E-state index is -3.69. The van der Waals surface area contributed by atoms with Gasteiger partial charge in [-0.25, -0.2) is 13.4 Å². The number of halogens is 1. The fourth-order valence-electron chi connectivity index (χ4n) is 2.53. The number of rotatable bonds is 2. The molecular formula is C13H16ClN3O3S2. The average molecular weight is 362 g/mol. The summed E-state index contributed by atoms with van der Waals surface area (Å²) in [6.07, 6.45) is 3.53. The molecule has 0 saturated carbocycles. The van der Waals surface area contributed by atoms with E-state index in [2.05, 4.69) is 9.97 Å². The van der Waals surface area contributed by atoms with Crippen LogP contribution in [0.25, 0.3) is 11.0 Å². The first-order chi connectivity index (χ1) is 10.4. The SMILES string of the molecule is C[C@@H]1CCN(S(=O)(=O)c2c[nH]c3nccc(Cl)c23)CC[S@@]1=O. The molecular weight excluding hydrogens is 346 g/mol. The molecule has 0 amide bonds. The maximum atomic E-state index is 12.9. The summed E-state index contributed by atoms with van der Waals surface area (Å²) in [7, 11) is -4.68. The lowest BCUT2D eigenvalue weighted by atomic mass is 10.3. The van der Waals surface area contributed by atoms with Crippen molar-refractivity contribution < 1.29 is 12.6 Å². The zero-order chi connectivity index (χ0) is 15.9. The van der Waals surface area contributed by atoms with Gasteiger partial charge in [0.1, 0.15) is 10.5 Å². The summed E-state index contributed by atoms with van der Waals surface area (Å²) in [5.74, 6) is 0.356. The van der Waals surface area contributed by atoms with Gasteiger partial charge in [0.15, 0.2) is 0 Å². The van der Waals surface area contributed by atoms with Gasteiger partial charge in [0.25, 0.3) is 0 Å². The maximum Gasteiger partial charge on any atom is 0.245 e. The smallest absolute Gasteiger partial charge is 0.245 e. The first-order valence-electron chi connectivity index (χ1n) is 6.90. The molecule has 0 aromatic carbocycles. The highest BCUT2D eigenvalue weighted by Gasteiger charge is 2.31. The van der Waals surface area contributed by atoms with E-state index in [9.17, 15) is 12.6 Å². The molecule has 1 aliphatic rings. The molecule has 120 valence electrons. The Balaban J connectivity index is 2.03. The fraction of sp³-hybridized carbons (Fsp3) is 0.462. The summed E-state index contributed by atoms with van der Waals surface area (Å²) in [6, 6.07) is 1.57. The number of nitrogens with zero attached hydrogens (tertiary/aromatic N) is 2. The Labute approximate surface area is 136 Å². The zero-order valence-corrected chi connectivity index (χ0v) is 14.3. The van der Waals surface area contributed by atoms with Crippen molar-refractivity contribution in [2.45, 2.75) is 23.5 Å². The van der Waals surface area contributed by atoms with Gasteiger partial charge in [-0.15, -0.1) is 0 Å². The third kappa shape index (κ3) is 2.68. The third-order valence-electron chi connectivity index (χ3n) is 3.88. The summed E-state index contributed by atoms with van der Waals surface area (Å²) in [6.45, 7) is 2.50. The Morgan fingerprint density at radius 2 is 2.23 bits per heavy atom. The number of sulfonamides is 1. The standard InChI is InChI=1S/C13H16ClN3O3S2/c1-9-3-5-17(6-7-21(9)18)22(19,20)11-8-16-13-12(11)10(14)2-4-15-13/h2,4,8-9H,3,5-7H2,1H3,(H,15,16)/t9-,21+/m1/s1. The van der Waals surface area contributed by atoms with Crippen molar-refractivity contribution in [2.24, 2.45) is 0 Å². The molecule has 1 fully saturated rings. The number of hydrogen-bond donors (Lipinski definition) is 1. The molecule has 0 spiro atoms. The van der Waals surface area contributed by atoms with Crippen LogP contribution in [0, 0.1) is 0 Å². The lowest BCUT2D eigenvalue weighted by Gasteiger charge is -2.19. The van der Waals surface area contributed by atoms with Crippen LogP contribution in [-0.4, -0.2) is 51.0 Å². The van der Waals surface area contributed by atoms with Gasteiger partial charge in [-0.05, 0) is 12.5 Å². The van der Waals surface area contributed by atoms with Crippen LogP contribution in [0.3, 0.4) is 0 Å². The van der Waals surface area contributed by atoms with E-state index in [0.29, 0.717) is 34.8 Å². The number of fused-ring (bicyclic) bond motifs is 1. The van der Waals surface area contributed by atoms with Crippen molar-refractivity contribution in [3.8, 4) is 0 Å². The Kier molecular flexibility index (Phi) is 4.28. The van der Waals surface area contributed by atoms with Gasteiger partial charge in [-0.3, -0.25) is 4.21 Å². The van der Waals surface area contributed by atoms with Crippen LogP contribution >= 0.6 is 11.6 Å². The quantitative estimate of drug-likeness (QED) is 0.883. The van der Waals surface area contributed by atoms with Crippen LogP contribution in [0.15, 0.2) is 23.4 Å². The number of aromatic amines is 1. The third-order valence-corrected chi connectivity index (χ3v) is 7.84. The van der Waals surface area contributed by atoms with Crippen LogP contribution in [-0.2, 0) is 20.8 Å². The molecule has 2 atom stereocenters. The lowest BCUT2D eigenvalue weighted by Crippen LogP contribution is -2.33. The van der Waals surface area contributed by atoms with E-state index in [-0.39, 0.29) is 16.7 Å². The molecule has 2 aromatic heterocycles. The van der Waals surface area contributed by atoms with Gasteiger partial charge in [-0.1, -0.05) is 18.5 Å². The summed E-state index contributed by atoms with van der Waals surface area (Å²) in [4.78, 5) is 7.06. The van der Waals surface area contributed by atoms with E-state index in [1.54, 1.807) is 6.07 Å². The topological polar surface area (TPSA) is 83.1 Å². The molecule has 0 bridgehead atoms. The van der Waals surface area contributed by atoms with E-state index in [4.69, 9.17) is 11.6 Å². The van der Waals surface area contributed by atoms with Crippen molar-refractivity contribution >= 4 is 43.5 Å². The molecule has 6 nitrogen and oxygen atoms in total. The molecule has 1 aliphatic heterocycles. The Bertz CT molecular complexity index is 834. The molecule has 1 N–H and O–H groups in total. The Morgan fingerprint density at radius 3 is 3.00 bits per heavy atom. The van der Waals surface area contributed by atoms with Crippen molar-refractivity contribution in [1.82, 2.24) is 14.3 Å². The Morgan fingerprint density at radius 1 is 1.45 bits per heavy atom. The molecule has 0 radical (unpaired) electrons. The molecule has 0 unspecified atom stereocenters. The van der Waals surface area contributed by atoms with Gasteiger partial charge >= 0.3 is 0 Å². The van der Waals surface area contributed by atoms with Gasteiger partial charge in [0, 0.05) is 47.3 Å². The second kappa shape index (κ2) is 5.92. The highest BCUT2D eigenvalue weighted by Crippen LogP contribution is 2.30. The van der Waals surface area contributed by atoms with Crippen LogP contribution in [0.5, 0.6) is 0 Å². The monoisotopic (exact) mass is 361 g/mol. The van der Waals surface area contributed by atoms with Crippen molar-refractivity contribution in [1.29, 1.82) is 0 Å². The molecule has 1 saturated heterocycles. The second-order valence-electron chi connectivity index (χ2n) is 5.26. The maximum absolute atomic E-state index is 12.9. The van der Waals surface area contributed by atoms with Gasteiger partial charge < -0.3 is 4.98 Å². The normalized spacial score (nSPS) is 24.5. The van der Waals surface area contributed by atoms with Crippen molar-refractivity contribution in [2.75, 3.05) is 18.8 Å². The van der Waals surface area contributed by atoms with Crippen molar-refractivity contribution in [3.05, 3.63) is 23.5 Å². The first-order valence-corrected chi connectivity index (χ1v) is 10.1. The number of H-pyrrole nitrogens is 1. The highest BCUT2D eigenvalue weighted by molar-refractivity contribution is 7.89. The highest BCUT2D eigenvalue weighted by atomic mass is 35.5. The van der Waals surface area contributed by atoms with E-state index in [1.165, 1.54) is 16.7 Å². The van der Waals surface area contributed by atoms with Crippen molar-refractivity contribution in [3.63, 3.8) is 0 Å². The predicted octanol–water partition coefficient (Wildman–Crippen LogP) is 1.75. The van der Waals surface area contributed by atoms with E-state index in [1.807, 2.05) is 6.92 Å². The second-order valence-corrected chi connectivity index (χ2v) is 9.55. The number of pyridine rings is 1. The van der Waals surface area contributed by atoms with Gasteiger partial charge in [-0.2, -0.15) is 4.31 Å². The summed E-state index contributed by atoms with van der Waals surface area (Å²) in [5, 5.41) is 0.757. The summed E-state index contributed by atoms with van der Waals surface area (Å²) >= 11 is 6.14. The lowest BCUT2D eigenvalue weighted by molar-refractivity contribution is 0.429. The number of aromatic nitrogens is 2. The zero-order valence-electron chi connectivity index (χ0n) is 12.0. The van der Waals surface area contributed by atoms with Gasteiger partial charge in [0.2, 0.25) is 10.0 Å². The van der Waals surface area contributed by atoms with Crippen LogP contribution in [0.2, 0.25) is 5.02 Å². The minimum absolute atomic E-state index is 0.00780. The molecule has 3 heterocycles. The fourth-order valence-corrected chi connectivity index (χ4v) is 5.75. The predicted molar refractivity (Wildman–Crippen MR) is 87.0 cm³/mol. The largest absolute Gasteiger partial charge is 0.345 e. The van der Waals surface area contributed by atoms with Crippen LogP contribution in [0.1, 0.15) is 13.3 Å². The molecule has 3 rings (SSSR count). The molecule has 2 aromatic rings. The van der Waals surface area contributed by atoms with E-state index in [0.717, 1.165) is 0 Å². The molecule has 22 heavy (non-hydrogen) atoms. The summed E-state index contributed by atoms with van der Waals surface area (Å²) < 4.78 is 39.1. The van der Waals surface area contributed by atoms with Crippen LogP contribution in [0.4, 0.5) is 0 Å².